The largest absolute Gasteiger partial charge is 0.309 e. The van der Waals surface area contributed by atoms with Gasteiger partial charge < -0.3 is 13.7 Å². The summed E-state index contributed by atoms with van der Waals surface area (Å²) >= 11 is 0. The maximum absolute atomic E-state index is 5.14. The van der Waals surface area contributed by atoms with Crippen LogP contribution < -0.4 is 0 Å². The minimum atomic E-state index is 0.865. The van der Waals surface area contributed by atoms with Crippen molar-refractivity contribution < 1.29 is 0 Å². The predicted octanol–water partition coefficient (Wildman–Crippen LogP) is 33.5. The summed E-state index contributed by atoms with van der Waals surface area (Å²) in [5.74, 6) is 0. The van der Waals surface area contributed by atoms with E-state index in [1.165, 1.54) is 116 Å². The fourth-order valence-corrected chi connectivity index (χ4v) is 21.8. The first-order valence-electron chi connectivity index (χ1n) is 48.8. The van der Waals surface area contributed by atoms with Gasteiger partial charge >= 0.3 is 0 Å². The minimum absolute atomic E-state index is 0.865. The summed E-state index contributed by atoms with van der Waals surface area (Å²) in [6.45, 7) is 0. The monoisotopic (exact) mass is 1840 g/mol. The molecule has 0 aliphatic carbocycles. The van der Waals surface area contributed by atoms with Crippen molar-refractivity contribution >= 4 is 165 Å². The molecule has 12 nitrogen and oxygen atoms in total. The van der Waals surface area contributed by atoms with Gasteiger partial charge in [-0.15, -0.1) is 0 Å². The van der Waals surface area contributed by atoms with Crippen molar-refractivity contribution in [2.75, 3.05) is 0 Å². The Morgan fingerprint density at radius 2 is 0.292 bits per heavy atom. The molecule has 0 aliphatic rings. The molecule has 0 amide bonds. The van der Waals surface area contributed by atoms with E-state index in [2.05, 4.69) is 446 Å². The first kappa shape index (κ1) is 82.7. The molecule has 144 heavy (non-hydrogen) atoms. The molecule has 0 atom stereocenters. The van der Waals surface area contributed by atoms with Gasteiger partial charge in [-0.25, -0.2) is 29.9 Å². The Morgan fingerprint density at radius 3 is 0.549 bits per heavy atom. The highest BCUT2D eigenvalue weighted by atomic mass is 15.1. The lowest BCUT2D eigenvalue weighted by atomic mass is 9.97. The number of benzene rings is 21. The topological polar surface area (TPSA) is 107 Å². The van der Waals surface area contributed by atoms with Gasteiger partial charge in [0.1, 0.15) is 16.6 Å². The summed E-state index contributed by atoms with van der Waals surface area (Å²) in [5.41, 5.74) is 42.1. The summed E-state index contributed by atoms with van der Waals surface area (Å²) < 4.78 is 13.7. The van der Waals surface area contributed by atoms with Crippen LogP contribution in [0.25, 0.3) is 266 Å². The van der Waals surface area contributed by atoms with Crippen LogP contribution in [0.4, 0.5) is 0 Å². The second kappa shape index (κ2) is 34.3. The zero-order chi connectivity index (χ0) is 94.8. The highest BCUT2D eigenvalue weighted by molar-refractivity contribution is 6.16. The molecule has 30 aromatic rings. The van der Waals surface area contributed by atoms with Gasteiger partial charge in [-0.2, -0.15) is 0 Å². The number of aromatic nitrogens is 12. The Labute approximate surface area is 826 Å². The van der Waals surface area contributed by atoms with Crippen molar-refractivity contribution in [3.05, 3.63) is 510 Å². The van der Waals surface area contributed by atoms with Crippen LogP contribution >= 0.6 is 0 Å². The second-order valence-electron chi connectivity index (χ2n) is 36.9. The van der Waals surface area contributed by atoms with Gasteiger partial charge in [0.25, 0.3) is 0 Å². The van der Waals surface area contributed by atoms with Crippen LogP contribution in [0, 0.1) is 0 Å². The Kier molecular flexibility index (Phi) is 19.7. The van der Waals surface area contributed by atoms with Crippen LogP contribution in [-0.2, 0) is 0 Å². The zero-order valence-electron chi connectivity index (χ0n) is 77.9. The third kappa shape index (κ3) is 14.1. The zero-order valence-corrected chi connectivity index (χ0v) is 77.9. The lowest BCUT2D eigenvalue weighted by molar-refractivity contribution is 1.14. The van der Waals surface area contributed by atoms with Gasteiger partial charge in [0.15, 0.2) is 16.9 Å². The number of hydrogen-bond donors (Lipinski definition) is 0. The first-order valence-corrected chi connectivity index (χ1v) is 48.8. The molecule has 0 aliphatic heterocycles. The van der Waals surface area contributed by atoms with Gasteiger partial charge in [0.05, 0.1) is 82.8 Å². The molecule has 0 unspecified atom stereocenters. The molecule has 0 bridgehead atoms. The summed E-state index contributed by atoms with van der Waals surface area (Å²) in [7, 11) is 0. The van der Waals surface area contributed by atoms with Crippen LogP contribution in [0.5, 0.6) is 0 Å². The molecule has 9 heterocycles. The van der Waals surface area contributed by atoms with Crippen molar-refractivity contribution in [3.63, 3.8) is 0 Å². The van der Waals surface area contributed by atoms with Crippen molar-refractivity contribution in [2.45, 2.75) is 0 Å². The summed E-state index contributed by atoms with van der Waals surface area (Å²) in [6, 6.07) is 181. The second-order valence-corrected chi connectivity index (χ2v) is 36.9. The van der Waals surface area contributed by atoms with Crippen LogP contribution in [0.15, 0.2) is 510 Å². The van der Waals surface area contributed by atoms with Crippen LogP contribution in [0.1, 0.15) is 0 Å². The molecule has 672 valence electrons. The highest BCUT2D eigenvalue weighted by Crippen LogP contribution is 2.45. The molecular weight excluding hydrogens is 1750 g/mol. The van der Waals surface area contributed by atoms with Crippen molar-refractivity contribution in [1.29, 1.82) is 0 Å². The van der Waals surface area contributed by atoms with E-state index in [0.717, 1.165) is 150 Å². The molecule has 12 heteroatoms. The third-order valence-electron chi connectivity index (χ3n) is 28.5. The Balaban J connectivity index is 0.000000105. The van der Waals surface area contributed by atoms with E-state index >= 15 is 0 Å². The fourth-order valence-electron chi connectivity index (χ4n) is 21.8. The van der Waals surface area contributed by atoms with Crippen LogP contribution in [0.3, 0.4) is 0 Å². The van der Waals surface area contributed by atoms with Crippen molar-refractivity contribution in [2.24, 2.45) is 0 Å². The van der Waals surface area contributed by atoms with Crippen molar-refractivity contribution in [3.8, 4) is 101 Å². The average molecular weight is 1840 g/mol. The van der Waals surface area contributed by atoms with Gasteiger partial charge in [0.2, 0.25) is 0 Å². The molecule has 0 saturated heterocycles. The van der Waals surface area contributed by atoms with Crippen molar-refractivity contribution in [1.82, 2.24) is 57.3 Å². The highest BCUT2D eigenvalue weighted by Gasteiger charge is 2.25. The minimum Gasteiger partial charge on any atom is -0.309 e. The first-order chi connectivity index (χ1) is 71.4. The van der Waals surface area contributed by atoms with Crippen LogP contribution in [-0.4, -0.2) is 57.3 Å². The normalized spacial score (nSPS) is 11.8. The van der Waals surface area contributed by atoms with E-state index < -0.39 is 0 Å². The Morgan fingerprint density at radius 1 is 0.111 bits per heavy atom. The number of fused-ring (bicyclic) bond motifs is 21. The summed E-state index contributed by atoms with van der Waals surface area (Å²) in [5, 5.41) is 10.8. The molecule has 0 radical (unpaired) electrons. The summed E-state index contributed by atoms with van der Waals surface area (Å²) in [6.07, 6.45) is 0. The van der Waals surface area contributed by atoms with Gasteiger partial charge in [0, 0.05) is 82.6 Å². The average Bonchev–Trinajstić information content (AvgIpc) is 1.58. The van der Waals surface area contributed by atoms with Gasteiger partial charge in [-0.05, 0) is 273 Å². The Hall–Kier alpha value is -19.6. The fraction of sp³-hybridized carbons (Fsp3) is 0. The van der Waals surface area contributed by atoms with Gasteiger partial charge in [-0.3, -0.25) is 13.7 Å². The van der Waals surface area contributed by atoms with E-state index in [9.17, 15) is 0 Å². The summed E-state index contributed by atoms with van der Waals surface area (Å²) in [4.78, 5) is 30.7. The molecule has 0 fully saturated rings. The maximum atomic E-state index is 5.14. The number of para-hydroxylation sites is 15. The van der Waals surface area contributed by atoms with E-state index in [-0.39, 0.29) is 0 Å². The van der Waals surface area contributed by atoms with Gasteiger partial charge in [-0.1, -0.05) is 303 Å². The lowest BCUT2D eigenvalue weighted by Crippen LogP contribution is -1.96. The predicted molar refractivity (Wildman–Crippen MR) is 597 cm³/mol. The molecule has 0 saturated carbocycles. The standard InChI is InChI=1S/3C44H28N4/c1-3-14-33(15-4-1)47-40-21-10-7-18-35(40)36-27-31(22-24-41(36)47)29-12-11-13-30(26-29)32-23-25-42-37(28-32)43-44(48(42)34-16-5-2-6-17-34)46-39-20-9-8-19-38(39)45-43;2*1-3-11-33(12-4-1)47-40-18-10-7-15-35(40)36-27-31(23-25-41(36)47)29-19-21-30(22-20-29)32-24-26-42-37(28-32)43-44(48(42)34-13-5-2-6-14-34)46-39-17-9-8-16-38(39)45-43/h3*1-28H. The molecule has 21 aromatic carbocycles. The van der Waals surface area contributed by atoms with E-state index in [1.807, 2.05) is 91.0 Å². The molecule has 30 rings (SSSR count). The van der Waals surface area contributed by atoms with Crippen LogP contribution in [0.2, 0.25) is 0 Å². The van der Waals surface area contributed by atoms with E-state index in [1.54, 1.807) is 0 Å². The smallest absolute Gasteiger partial charge is 0.165 e. The number of nitrogens with zero attached hydrogens (tertiary/aromatic N) is 12. The quantitative estimate of drug-likeness (QED) is 0.121. The Bertz CT molecular complexity index is 9930. The molecular formula is C132H84N12. The maximum Gasteiger partial charge on any atom is 0.165 e. The molecule has 0 N–H and O–H groups in total. The number of rotatable bonds is 12. The molecule has 0 spiro atoms. The van der Waals surface area contributed by atoms with E-state index in [4.69, 9.17) is 29.9 Å². The lowest BCUT2D eigenvalue weighted by Gasteiger charge is -2.10. The SMILES string of the molecule is c1ccc(-n2c3ccccc3c3cc(-c4ccc(-c5ccc6c(c5)c5nc7ccccc7nc5n6-c5ccccc5)cc4)ccc32)cc1.c1ccc(-n2c3ccccc3c3cc(-c4ccc(-c5ccc6c(c5)c5nc7ccccc7nc5n6-c5ccccc5)cc4)ccc32)cc1.c1ccc(-n2c3ccccc3c3cc(-c4cccc(-c5ccc6c(c5)c5nc7ccccc7nc5n6-c5ccccc5)c4)ccc32)cc1. The number of hydrogen-bond acceptors (Lipinski definition) is 6. The van der Waals surface area contributed by atoms with E-state index in [0.29, 0.717) is 0 Å². The third-order valence-corrected chi connectivity index (χ3v) is 28.5. The molecule has 9 aromatic heterocycles.